The van der Waals surface area contributed by atoms with Crippen LogP contribution in [0, 0.1) is 34.5 Å². The molecule has 6 rings (SSSR count). The first kappa shape index (κ1) is 43.0. The Morgan fingerprint density at radius 1 is 0.948 bits per heavy atom. The van der Waals surface area contributed by atoms with Gasteiger partial charge in [-0.05, 0) is 75.8 Å². The molecule has 314 valence electrons. The fraction of sp³-hybridized carbons (Fsp3) is 0.587. The third-order valence-electron chi connectivity index (χ3n) is 13.6. The number of benzene rings is 2. The molecule has 3 aliphatic carbocycles. The zero-order valence-electron chi connectivity index (χ0n) is 35.5. The van der Waals surface area contributed by atoms with E-state index in [4.69, 9.17) is 23.7 Å². The molecule has 2 unspecified atom stereocenters. The van der Waals surface area contributed by atoms with E-state index in [1.165, 1.54) is 6.92 Å². The van der Waals surface area contributed by atoms with Gasteiger partial charge in [-0.25, -0.2) is 9.59 Å². The summed E-state index contributed by atoms with van der Waals surface area (Å²) >= 11 is 0. The molecule has 58 heavy (non-hydrogen) atoms. The summed E-state index contributed by atoms with van der Waals surface area (Å²) in [6.45, 7) is 19.1. The van der Waals surface area contributed by atoms with Crippen LogP contribution in [0.4, 0.5) is 4.79 Å². The number of esters is 3. The van der Waals surface area contributed by atoms with Crippen molar-refractivity contribution in [1.82, 2.24) is 5.32 Å². The van der Waals surface area contributed by atoms with Crippen molar-refractivity contribution < 1.29 is 52.8 Å². The van der Waals surface area contributed by atoms with Gasteiger partial charge in [0.05, 0.1) is 30.0 Å². The Bertz CT molecular complexity index is 1970. The number of hydrogen-bond donors (Lipinski definition) is 2. The van der Waals surface area contributed by atoms with Crippen LogP contribution in [-0.4, -0.2) is 76.6 Å². The van der Waals surface area contributed by atoms with Crippen LogP contribution in [0.5, 0.6) is 0 Å². The van der Waals surface area contributed by atoms with E-state index in [1.54, 1.807) is 89.2 Å². The summed E-state index contributed by atoms with van der Waals surface area (Å²) in [6.07, 6.45) is -3.71. The van der Waals surface area contributed by atoms with Crippen LogP contribution >= 0.6 is 0 Å². The minimum absolute atomic E-state index is 0.0645. The van der Waals surface area contributed by atoms with E-state index in [1.807, 2.05) is 40.7 Å². The number of rotatable bonds is 8. The maximum absolute atomic E-state index is 15.4. The van der Waals surface area contributed by atoms with Gasteiger partial charge in [-0.1, -0.05) is 83.1 Å². The number of nitrogens with one attached hydrogen (secondary N) is 1. The molecule has 12 nitrogen and oxygen atoms in total. The van der Waals surface area contributed by atoms with Crippen molar-refractivity contribution in [3.63, 3.8) is 0 Å². The zero-order valence-corrected chi connectivity index (χ0v) is 35.5. The Labute approximate surface area is 341 Å². The van der Waals surface area contributed by atoms with Crippen molar-refractivity contribution in [1.29, 1.82) is 0 Å². The van der Waals surface area contributed by atoms with E-state index in [9.17, 15) is 24.3 Å². The van der Waals surface area contributed by atoms with Crippen molar-refractivity contribution in [3.05, 3.63) is 82.9 Å². The molecule has 1 heterocycles. The van der Waals surface area contributed by atoms with Crippen LogP contribution in [0.25, 0.3) is 0 Å². The van der Waals surface area contributed by atoms with Gasteiger partial charge < -0.3 is 34.1 Å². The molecule has 0 spiro atoms. The summed E-state index contributed by atoms with van der Waals surface area (Å²) in [5.41, 5.74) is -4.68. The Kier molecular flexibility index (Phi) is 11.3. The highest BCUT2D eigenvalue weighted by atomic mass is 16.6. The van der Waals surface area contributed by atoms with Gasteiger partial charge >= 0.3 is 24.0 Å². The van der Waals surface area contributed by atoms with Gasteiger partial charge in [0.25, 0.3) is 0 Å². The van der Waals surface area contributed by atoms with Crippen molar-refractivity contribution in [2.45, 2.75) is 130 Å². The van der Waals surface area contributed by atoms with Gasteiger partial charge in [-0.15, -0.1) is 0 Å². The third kappa shape index (κ3) is 7.14. The van der Waals surface area contributed by atoms with Crippen molar-refractivity contribution in [2.24, 2.45) is 34.5 Å². The molecule has 1 saturated heterocycles. The number of hydrogen-bond acceptors (Lipinski definition) is 11. The molecule has 0 aromatic heterocycles. The van der Waals surface area contributed by atoms with E-state index >= 15 is 4.79 Å². The van der Waals surface area contributed by atoms with Crippen molar-refractivity contribution >= 4 is 29.8 Å². The van der Waals surface area contributed by atoms with Gasteiger partial charge in [-0.2, -0.15) is 0 Å². The van der Waals surface area contributed by atoms with Crippen LogP contribution in [0.3, 0.4) is 0 Å². The molecule has 4 aliphatic rings. The number of carbonyl (C=O) groups excluding carboxylic acids is 5. The zero-order chi connectivity index (χ0) is 42.7. The summed E-state index contributed by atoms with van der Waals surface area (Å²) < 4.78 is 30.8. The highest BCUT2D eigenvalue weighted by Gasteiger charge is 2.77. The minimum atomic E-state index is -2.00. The summed E-state index contributed by atoms with van der Waals surface area (Å²) in [5.74, 6) is -5.32. The number of alkyl carbamates (subject to hydrolysis) is 1. The second-order valence-electron chi connectivity index (χ2n) is 18.6. The second-order valence-corrected chi connectivity index (χ2v) is 18.6. The molecule has 2 aromatic rings. The molecular weight excluding hydrogens is 743 g/mol. The summed E-state index contributed by atoms with van der Waals surface area (Å²) in [6, 6.07) is 16.5. The van der Waals surface area contributed by atoms with Gasteiger partial charge in [0.2, 0.25) is 0 Å². The van der Waals surface area contributed by atoms with Crippen LogP contribution < -0.4 is 5.32 Å². The maximum Gasteiger partial charge on any atom is 0.408 e. The van der Waals surface area contributed by atoms with Gasteiger partial charge in [0.15, 0.2) is 5.60 Å². The molecule has 0 radical (unpaired) electrons. The average molecular weight is 802 g/mol. The largest absolute Gasteiger partial charge is 0.457 e. The van der Waals surface area contributed by atoms with Crippen LogP contribution in [0.15, 0.2) is 71.8 Å². The van der Waals surface area contributed by atoms with E-state index in [0.29, 0.717) is 23.1 Å². The van der Waals surface area contributed by atoms with Crippen LogP contribution in [0.1, 0.15) is 111 Å². The van der Waals surface area contributed by atoms with Crippen LogP contribution in [0.2, 0.25) is 0 Å². The molecule has 1 amide bonds. The quantitative estimate of drug-likeness (QED) is 0.159. The lowest BCUT2D eigenvalue weighted by atomic mass is 9.42. The predicted molar refractivity (Wildman–Crippen MR) is 213 cm³/mol. The van der Waals surface area contributed by atoms with Gasteiger partial charge in [-0.3, -0.25) is 14.4 Å². The lowest BCUT2D eigenvalue weighted by Crippen LogP contribution is -2.80. The number of aliphatic hydroxyl groups is 1. The molecule has 2 bridgehead atoms. The molecular formula is C46H59NO11. The SMILES string of the molecule is CC(=O)O[C@@]12CO[C@@H]1C[C@H](C)[C@@]1(C)C(=O)[C@H](C)C3=C(C)[C@@H](OC(=O)[C@H](C)[C@@H](NC(=O)OC(C)(C)C)c4ccccc4)C[C@@](O)(C(OC(=O)c4ccccc4)C12)C3(C)C. The number of ether oxygens (including phenoxy) is 5. The maximum atomic E-state index is 15.4. The smallest absolute Gasteiger partial charge is 0.408 e. The van der Waals surface area contributed by atoms with Crippen molar-refractivity contribution in [2.75, 3.05) is 6.61 Å². The Balaban J connectivity index is 1.49. The first-order valence-corrected chi connectivity index (χ1v) is 20.3. The predicted octanol–water partition coefficient (Wildman–Crippen LogP) is 7.09. The molecule has 2 saturated carbocycles. The third-order valence-corrected chi connectivity index (χ3v) is 13.6. The average Bonchev–Trinajstić information content (AvgIpc) is 3.14. The number of ketones is 1. The number of carbonyl (C=O) groups is 5. The van der Waals surface area contributed by atoms with Crippen molar-refractivity contribution in [3.8, 4) is 0 Å². The monoisotopic (exact) mass is 801 g/mol. The first-order chi connectivity index (χ1) is 27.0. The fourth-order valence-electron chi connectivity index (χ4n) is 10.5. The molecule has 2 aromatic carbocycles. The Morgan fingerprint density at radius 2 is 1.55 bits per heavy atom. The standard InChI is InChI=1S/C46H59NO11/c1-25-22-33-45(24-54-33,57-29(5)48)36-38(56-40(51)31-20-16-13-17-21-31)46(53)23-32(26(2)34(43(46,9)10)27(3)37(49)44(25,36)11)55-39(50)28(4)35(30-18-14-12-15-19-30)47-41(52)58-42(6,7)8/h12-21,25,27-28,32-33,35-36,38,53H,22-24H2,1-11H3,(H,47,52)/t25-,27+,28+,32-,33+,35+,36?,38?,44+,45-,46+/m0/s1. The normalized spacial score (nSPS) is 33.7. The molecule has 12 heteroatoms. The Morgan fingerprint density at radius 3 is 2.10 bits per heavy atom. The molecule has 11 atom stereocenters. The summed E-state index contributed by atoms with van der Waals surface area (Å²) in [7, 11) is 0. The first-order valence-electron chi connectivity index (χ1n) is 20.3. The molecule has 3 fully saturated rings. The summed E-state index contributed by atoms with van der Waals surface area (Å²) in [4.78, 5) is 70.1. The van der Waals surface area contributed by atoms with E-state index in [2.05, 4.69) is 5.32 Å². The lowest BCUT2D eigenvalue weighted by Gasteiger charge is -2.68. The van der Waals surface area contributed by atoms with Gasteiger partial charge in [0, 0.05) is 30.1 Å². The van der Waals surface area contributed by atoms with E-state index in [0.717, 1.165) is 0 Å². The fourth-order valence-corrected chi connectivity index (χ4v) is 10.5. The van der Waals surface area contributed by atoms with E-state index < -0.39 is 93.7 Å². The molecule has 2 N–H and O–H groups in total. The topological polar surface area (TPSA) is 164 Å². The second kappa shape index (κ2) is 15.2. The highest BCUT2D eigenvalue weighted by molar-refractivity contribution is 5.92. The van der Waals surface area contributed by atoms with Gasteiger partial charge in [0.1, 0.15) is 35.3 Å². The highest BCUT2D eigenvalue weighted by Crippen LogP contribution is 2.66. The van der Waals surface area contributed by atoms with E-state index in [-0.39, 0.29) is 30.3 Å². The lowest BCUT2D eigenvalue weighted by molar-refractivity contribution is -0.339. The van der Waals surface area contributed by atoms with Crippen LogP contribution in [-0.2, 0) is 38.1 Å². The number of amides is 1. The number of fused-ring (bicyclic) bond motifs is 5. The molecule has 1 aliphatic heterocycles. The Hall–Kier alpha value is -4.55. The minimum Gasteiger partial charge on any atom is -0.457 e. The summed E-state index contributed by atoms with van der Waals surface area (Å²) in [5, 5.41) is 16.5. The number of Topliss-reactive ketones (excluding diaryl/α,β-unsaturated/α-hetero) is 1.